The third-order valence-corrected chi connectivity index (χ3v) is 3.51. The van der Waals surface area contributed by atoms with Crippen LogP contribution < -0.4 is 10.1 Å². The zero-order valence-electron chi connectivity index (χ0n) is 12.6. The Morgan fingerprint density at radius 2 is 2.00 bits per heavy atom. The van der Waals surface area contributed by atoms with Gasteiger partial charge in [-0.2, -0.15) is 24.9 Å². The van der Waals surface area contributed by atoms with Crippen molar-refractivity contribution < 1.29 is 17.9 Å². The van der Waals surface area contributed by atoms with Gasteiger partial charge in [-0.1, -0.05) is 19.9 Å². The molecule has 0 aliphatic carbocycles. The van der Waals surface area contributed by atoms with E-state index in [9.17, 15) is 13.2 Å². The van der Waals surface area contributed by atoms with E-state index in [1.807, 2.05) is 20.1 Å². The lowest BCUT2D eigenvalue weighted by Crippen LogP contribution is -2.22. The van der Waals surface area contributed by atoms with Crippen molar-refractivity contribution in [2.45, 2.75) is 39.0 Å². The second-order valence-corrected chi connectivity index (χ2v) is 6.04. The van der Waals surface area contributed by atoms with Gasteiger partial charge in [-0.3, -0.25) is 0 Å². The first-order chi connectivity index (χ1) is 9.84. The predicted octanol–water partition coefficient (Wildman–Crippen LogP) is 4.34. The van der Waals surface area contributed by atoms with Crippen LogP contribution in [0.2, 0.25) is 0 Å². The second-order valence-electron chi connectivity index (χ2n) is 5.06. The highest BCUT2D eigenvalue weighted by Gasteiger charge is 2.34. The van der Waals surface area contributed by atoms with Crippen molar-refractivity contribution in [2.75, 3.05) is 18.6 Å². The quantitative estimate of drug-likeness (QED) is 0.720. The van der Waals surface area contributed by atoms with Gasteiger partial charge in [0.05, 0.1) is 12.2 Å². The lowest BCUT2D eigenvalue weighted by molar-refractivity contribution is -0.139. The standard InChI is InChI=1S/C15H22F3NOS/c1-11(2)19-10-12-5-6-14(20-7-4-8-21-3)13(9-12)15(16,17)18/h5-6,9,11,19H,4,7-8,10H2,1-3H3. The average molecular weight is 321 g/mol. The monoisotopic (exact) mass is 321 g/mol. The largest absolute Gasteiger partial charge is 0.493 e. The summed E-state index contributed by atoms with van der Waals surface area (Å²) in [6, 6.07) is 4.48. The molecule has 21 heavy (non-hydrogen) atoms. The number of thioether (sulfide) groups is 1. The first kappa shape index (κ1) is 18.2. The summed E-state index contributed by atoms with van der Waals surface area (Å²) in [6.45, 7) is 4.61. The molecule has 1 N–H and O–H groups in total. The molecule has 0 saturated heterocycles. The summed E-state index contributed by atoms with van der Waals surface area (Å²) in [5, 5.41) is 3.11. The Balaban J connectivity index is 2.82. The van der Waals surface area contributed by atoms with E-state index in [0.29, 0.717) is 18.7 Å². The zero-order chi connectivity index (χ0) is 15.9. The molecule has 0 aromatic heterocycles. The van der Waals surface area contributed by atoms with E-state index in [4.69, 9.17) is 4.74 Å². The molecule has 0 fully saturated rings. The van der Waals surface area contributed by atoms with Crippen LogP contribution in [0.25, 0.3) is 0 Å². The molecule has 0 spiro atoms. The van der Waals surface area contributed by atoms with E-state index in [-0.39, 0.29) is 11.8 Å². The minimum atomic E-state index is -4.40. The van der Waals surface area contributed by atoms with E-state index >= 15 is 0 Å². The van der Waals surface area contributed by atoms with E-state index in [2.05, 4.69) is 5.32 Å². The van der Waals surface area contributed by atoms with Crippen LogP contribution in [-0.4, -0.2) is 24.7 Å². The molecular formula is C15H22F3NOS. The van der Waals surface area contributed by atoms with Crippen LogP contribution in [0, 0.1) is 0 Å². The lowest BCUT2D eigenvalue weighted by atomic mass is 10.1. The maximum absolute atomic E-state index is 13.1. The van der Waals surface area contributed by atoms with Crippen molar-refractivity contribution in [2.24, 2.45) is 0 Å². The Morgan fingerprint density at radius 1 is 1.29 bits per heavy atom. The molecule has 0 aliphatic heterocycles. The molecule has 0 bridgehead atoms. The van der Waals surface area contributed by atoms with Gasteiger partial charge in [0.25, 0.3) is 0 Å². The van der Waals surface area contributed by atoms with Crippen LogP contribution in [0.3, 0.4) is 0 Å². The molecule has 0 aliphatic rings. The van der Waals surface area contributed by atoms with Gasteiger partial charge in [0.15, 0.2) is 0 Å². The summed E-state index contributed by atoms with van der Waals surface area (Å²) in [5.41, 5.74) is -0.0952. The van der Waals surface area contributed by atoms with Gasteiger partial charge < -0.3 is 10.1 Å². The molecule has 0 unspecified atom stereocenters. The van der Waals surface area contributed by atoms with Crippen molar-refractivity contribution in [3.8, 4) is 5.75 Å². The number of nitrogens with one attached hydrogen (secondary N) is 1. The van der Waals surface area contributed by atoms with Crippen molar-refractivity contribution >= 4 is 11.8 Å². The summed E-state index contributed by atoms with van der Waals surface area (Å²) in [4.78, 5) is 0. The van der Waals surface area contributed by atoms with Crippen LogP contribution in [0.15, 0.2) is 18.2 Å². The molecular weight excluding hydrogens is 299 g/mol. The molecule has 6 heteroatoms. The maximum atomic E-state index is 13.1. The van der Waals surface area contributed by atoms with Crippen LogP contribution in [-0.2, 0) is 12.7 Å². The van der Waals surface area contributed by atoms with Gasteiger partial charge >= 0.3 is 6.18 Å². The van der Waals surface area contributed by atoms with E-state index in [0.717, 1.165) is 12.2 Å². The number of alkyl halides is 3. The van der Waals surface area contributed by atoms with Crippen molar-refractivity contribution in [3.63, 3.8) is 0 Å². The van der Waals surface area contributed by atoms with E-state index < -0.39 is 11.7 Å². The molecule has 120 valence electrons. The molecule has 1 rings (SSSR count). The number of ether oxygens (including phenoxy) is 1. The molecule has 1 aromatic rings. The van der Waals surface area contributed by atoms with Gasteiger partial charge in [-0.05, 0) is 36.1 Å². The average Bonchev–Trinajstić information content (AvgIpc) is 2.41. The van der Waals surface area contributed by atoms with Crippen molar-refractivity contribution in [3.05, 3.63) is 29.3 Å². The first-order valence-electron chi connectivity index (χ1n) is 6.90. The molecule has 0 atom stereocenters. The summed E-state index contributed by atoms with van der Waals surface area (Å²) in [7, 11) is 0. The van der Waals surface area contributed by atoms with Crippen molar-refractivity contribution in [1.29, 1.82) is 0 Å². The summed E-state index contributed by atoms with van der Waals surface area (Å²) >= 11 is 1.65. The van der Waals surface area contributed by atoms with Gasteiger partial charge in [0.1, 0.15) is 5.75 Å². The topological polar surface area (TPSA) is 21.3 Å². The third-order valence-electron chi connectivity index (χ3n) is 2.81. The lowest BCUT2D eigenvalue weighted by Gasteiger charge is -2.16. The Bertz CT molecular complexity index is 435. The van der Waals surface area contributed by atoms with Crippen LogP contribution in [0.1, 0.15) is 31.4 Å². The molecule has 0 saturated carbocycles. The summed E-state index contributed by atoms with van der Waals surface area (Å²) in [6.07, 6.45) is -1.71. The molecule has 0 amide bonds. The second kappa shape index (κ2) is 8.54. The number of rotatable bonds is 8. The van der Waals surface area contributed by atoms with Gasteiger partial charge in [0, 0.05) is 12.6 Å². The minimum Gasteiger partial charge on any atom is -0.493 e. The highest BCUT2D eigenvalue weighted by Crippen LogP contribution is 2.37. The fourth-order valence-electron chi connectivity index (χ4n) is 1.74. The van der Waals surface area contributed by atoms with E-state index in [1.165, 1.54) is 12.1 Å². The predicted molar refractivity (Wildman–Crippen MR) is 81.9 cm³/mol. The summed E-state index contributed by atoms with van der Waals surface area (Å²) < 4.78 is 44.6. The first-order valence-corrected chi connectivity index (χ1v) is 8.29. The van der Waals surface area contributed by atoms with Gasteiger partial charge in [0.2, 0.25) is 0 Å². The highest BCUT2D eigenvalue weighted by atomic mass is 32.2. The molecule has 0 heterocycles. The number of hydrogen-bond acceptors (Lipinski definition) is 3. The Hall–Kier alpha value is -0.880. The number of hydrogen-bond donors (Lipinski definition) is 1. The smallest absolute Gasteiger partial charge is 0.419 e. The normalized spacial score (nSPS) is 12.0. The number of benzene rings is 1. The highest BCUT2D eigenvalue weighted by molar-refractivity contribution is 7.98. The maximum Gasteiger partial charge on any atom is 0.419 e. The van der Waals surface area contributed by atoms with Crippen LogP contribution >= 0.6 is 11.8 Å². The van der Waals surface area contributed by atoms with E-state index in [1.54, 1.807) is 17.8 Å². The SMILES string of the molecule is CSCCCOc1ccc(CNC(C)C)cc1C(F)(F)F. The van der Waals surface area contributed by atoms with Gasteiger partial charge in [-0.15, -0.1) is 0 Å². The Kier molecular flexibility index (Phi) is 7.39. The van der Waals surface area contributed by atoms with Crippen LogP contribution in [0.4, 0.5) is 13.2 Å². The minimum absolute atomic E-state index is 0.0862. The number of halogens is 3. The molecule has 2 nitrogen and oxygen atoms in total. The van der Waals surface area contributed by atoms with Crippen LogP contribution in [0.5, 0.6) is 5.75 Å². The van der Waals surface area contributed by atoms with Crippen molar-refractivity contribution in [1.82, 2.24) is 5.32 Å². The molecule has 0 radical (unpaired) electrons. The third kappa shape index (κ3) is 6.61. The summed E-state index contributed by atoms with van der Waals surface area (Å²) in [5.74, 6) is 0.787. The fourth-order valence-corrected chi connectivity index (χ4v) is 2.15. The Morgan fingerprint density at radius 3 is 2.57 bits per heavy atom. The fraction of sp³-hybridized carbons (Fsp3) is 0.600. The Labute approximate surface area is 128 Å². The van der Waals surface area contributed by atoms with Gasteiger partial charge in [-0.25, -0.2) is 0 Å². The molecule has 1 aromatic carbocycles. The zero-order valence-corrected chi connectivity index (χ0v) is 13.4.